The Bertz CT molecular complexity index is 254. The molecule has 0 saturated carbocycles. The largest absolute Gasteiger partial charge is 0.388 e. The molecule has 0 saturated heterocycles. The van der Waals surface area contributed by atoms with Crippen molar-refractivity contribution in [3.8, 4) is 6.26 Å². The van der Waals surface area contributed by atoms with Gasteiger partial charge in [0.05, 0.1) is 0 Å². The van der Waals surface area contributed by atoms with E-state index >= 15 is 0 Å². The summed E-state index contributed by atoms with van der Waals surface area (Å²) in [5, 5.41) is 8.28. The molecule has 12 heavy (non-hydrogen) atoms. The summed E-state index contributed by atoms with van der Waals surface area (Å²) in [5.74, 6) is 0.607. The van der Waals surface area contributed by atoms with Gasteiger partial charge in [-0.1, -0.05) is 18.2 Å². The highest BCUT2D eigenvalue weighted by molar-refractivity contribution is 5.27. The van der Waals surface area contributed by atoms with Gasteiger partial charge in [0, 0.05) is 0 Å². The van der Waals surface area contributed by atoms with Gasteiger partial charge in [-0.15, -0.1) is 5.26 Å². The third-order valence-electron chi connectivity index (χ3n) is 1.35. The van der Waals surface area contributed by atoms with E-state index in [1.807, 2.05) is 39.0 Å². The lowest BCUT2D eigenvalue weighted by molar-refractivity contribution is 0.384. The summed E-state index contributed by atoms with van der Waals surface area (Å²) in [7, 11) is 0. The zero-order valence-electron chi connectivity index (χ0n) is 7.66. The van der Waals surface area contributed by atoms with Gasteiger partial charge < -0.3 is 4.74 Å². The summed E-state index contributed by atoms with van der Waals surface area (Å²) in [4.78, 5) is 0. The molecular formula is C10H13NO. The summed E-state index contributed by atoms with van der Waals surface area (Å²) in [6.07, 6.45) is 9.12. The van der Waals surface area contributed by atoms with Crippen LogP contribution in [-0.2, 0) is 4.74 Å². The van der Waals surface area contributed by atoms with E-state index in [0.29, 0.717) is 5.76 Å². The molecule has 0 aliphatic rings. The first-order valence-corrected chi connectivity index (χ1v) is 3.78. The Balaban J connectivity index is 4.44. The van der Waals surface area contributed by atoms with Crippen LogP contribution in [0, 0.1) is 11.5 Å². The Hall–Kier alpha value is -1.49. The maximum absolute atomic E-state index is 8.28. The molecule has 0 atom stereocenters. The molecular weight excluding hydrogens is 150 g/mol. The molecule has 2 nitrogen and oxygen atoms in total. The van der Waals surface area contributed by atoms with Crippen molar-refractivity contribution < 1.29 is 4.74 Å². The fourth-order valence-corrected chi connectivity index (χ4v) is 0.739. The van der Waals surface area contributed by atoms with Crippen molar-refractivity contribution >= 4 is 0 Å². The second kappa shape index (κ2) is 6.23. The van der Waals surface area contributed by atoms with E-state index in [4.69, 9.17) is 10.00 Å². The molecule has 0 aromatic heterocycles. The van der Waals surface area contributed by atoms with E-state index < -0.39 is 0 Å². The predicted octanol–water partition coefficient (Wildman–Crippen LogP) is 2.91. The van der Waals surface area contributed by atoms with E-state index in [-0.39, 0.29) is 0 Å². The fraction of sp³-hybridized carbons (Fsp3) is 0.300. The third-order valence-corrected chi connectivity index (χ3v) is 1.35. The Labute approximate surface area is 73.5 Å². The predicted molar refractivity (Wildman–Crippen MR) is 49.0 cm³/mol. The maximum atomic E-state index is 8.28. The van der Waals surface area contributed by atoms with Gasteiger partial charge in [0.1, 0.15) is 5.76 Å². The maximum Gasteiger partial charge on any atom is 0.292 e. The fourth-order valence-electron chi connectivity index (χ4n) is 0.739. The van der Waals surface area contributed by atoms with Crippen LogP contribution in [0.3, 0.4) is 0 Å². The summed E-state index contributed by atoms with van der Waals surface area (Å²) < 4.78 is 4.71. The van der Waals surface area contributed by atoms with Gasteiger partial charge in [-0.05, 0) is 32.4 Å². The van der Waals surface area contributed by atoms with Crippen LogP contribution >= 0.6 is 0 Å². The molecule has 0 rings (SSSR count). The van der Waals surface area contributed by atoms with Crippen molar-refractivity contribution in [1.29, 1.82) is 5.26 Å². The zero-order valence-corrected chi connectivity index (χ0v) is 7.66. The number of ether oxygens (including phenoxy) is 1. The van der Waals surface area contributed by atoms with Crippen LogP contribution in [-0.4, -0.2) is 0 Å². The first-order valence-electron chi connectivity index (χ1n) is 3.78. The lowest BCUT2D eigenvalue weighted by Gasteiger charge is -2.00. The summed E-state index contributed by atoms with van der Waals surface area (Å²) in [5.41, 5.74) is 0.942. The average Bonchev–Trinajstić information content (AvgIpc) is 2.10. The Morgan fingerprint density at radius 3 is 2.50 bits per heavy atom. The standard InChI is InChI=1S/C10H13NO/c1-4-6-7-9(3)10(5-2)12-8-11/h4-7H,1-3H3/b6-4-,9-7-,10-5+. The van der Waals surface area contributed by atoms with Crippen LogP contribution in [0.5, 0.6) is 0 Å². The van der Waals surface area contributed by atoms with Crippen molar-refractivity contribution in [2.24, 2.45) is 0 Å². The smallest absolute Gasteiger partial charge is 0.292 e. The van der Waals surface area contributed by atoms with Crippen molar-refractivity contribution in [3.05, 3.63) is 35.6 Å². The van der Waals surface area contributed by atoms with Crippen molar-refractivity contribution in [1.82, 2.24) is 0 Å². The number of nitriles is 1. The van der Waals surface area contributed by atoms with E-state index in [0.717, 1.165) is 5.57 Å². The van der Waals surface area contributed by atoms with Crippen molar-refractivity contribution in [2.75, 3.05) is 0 Å². The molecule has 64 valence electrons. The van der Waals surface area contributed by atoms with Crippen LogP contribution in [0.15, 0.2) is 35.6 Å². The Kier molecular flexibility index (Phi) is 5.46. The molecule has 0 amide bonds. The molecule has 0 aliphatic heterocycles. The summed E-state index contributed by atoms with van der Waals surface area (Å²) in [6.45, 7) is 5.66. The Morgan fingerprint density at radius 2 is 2.08 bits per heavy atom. The minimum Gasteiger partial charge on any atom is -0.388 e. The zero-order chi connectivity index (χ0) is 9.40. The number of nitrogens with zero attached hydrogens (tertiary/aromatic N) is 1. The average molecular weight is 163 g/mol. The quantitative estimate of drug-likeness (QED) is 0.364. The molecule has 2 heteroatoms. The molecule has 0 aromatic carbocycles. The van der Waals surface area contributed by atoms with Crippen LogP contribution in [0.4, 0.5) is 0 Å². The first kappa shape index (κ1) is 10.5. The number of allylic oxidation sites excluding steroid dienone is 5. The minimum atomic E-state index is 0.607. The SMILES string of the molecule is C\C=C/C=C(C)\C(=C/C)OC#N. The van der Waals surface area contributed by atoms with Gasteiger partial charge in [-0.2, -0.15) is 0 Å². The summed E-state index contributed by atoms with van der Waals surface area (Å²) >= 11 is 0. The van der Waals surface area contributed by atoms with Crippen molar-refractivity contribution in [2.45, 2.75) is 20.8 Å². The van der Waals surface area contributed by atoms with E-state index in [9.17, 15) is 0 Å². The van der Waals surface area contributed by atoms with Crippen LogP contribution in [0.25, 0.3) is 0 Å². The van der Waals surface area contributed by atoms with Crippen molar-refractivity contribution in [3.63, 3.8) is 0 Å². The molecule has 0 N–H and O–H groups in total. The second-order valence-corrected chi connectivity index (χ2v) is 2.22. The molecule has 0 heterocycles. The highest BCUT2D eigenvalue weighted by atomic mass is 16.5. The van der Waals surface area contributed by atoms with E-state index in [1.165, 1.54) is 0 Å². The van der Waals surface area contributed by atoms with E-state index in [2.05, 4.69) is 0 Å². The summed E-state index contributed by atoms with van der Waals surface area (Å²) in [6, 6.07) is 0. The van der Waals surface area contributed by atoms with E-state index in [1.54, 1.807) is 12.3 Å². The second-order valence-electron chi connectivity index (χ2n) is 2.22. The lowest BCUT2D eigenvalue weighted by atomic mass is 10.2. The van der Waals surface area contributed by atoms with Crippen LogP contribution in [0.1, 0.15) is 20.8 Å². The van der Waals surface area contributed by atoms with Gasteiger partial charge in [-0.3, -0.25) is 0 Å². The molecule has 0 fully saturated rings. The molecule has 0 aliphatic carbocycles. The van der Waals surface area contributed by atoms with Gasteiger partial charge in [0.15, 0.2) is 0 Å². The number of hydrogen-bond acceptors (Lipinski definition) is 2. The third kappa shape index (κ3) is 3.62. The molecule has 0 bridgehead atoms. The van der Waals surface area contributed by atoms with Gasteiger partial charge >= 0.3 is 0 Å². The molecule has 0 aromatic rings. The molecule has 0 spiro atoms. The molecule has 0 radical (unpaired) electrons. The topological polar surface area (TPSA) is 33.0 Å². The highest BCUT2D eigenvalue weighted by Gasteiger charge is 1.97. The van der Waals surface area contributed by atoms with Gasteiger partial charge in [0.2, 0.25) is 0 Å². The minimum absolute atomic E-state index is 0.607. The number of hydrogen-bond donors (Lipinski definition) is 0. The van der Waals surface area contributed by atoms with Gasteiger partial charge in [-0.25, -0.2) is 0 Å². The number of rotatable bonds is 3. The monoisotopic (exact) mass is 163 g/mol. The molecule has 0 unspecified atom stereocenters. The van der Waals surface area contributed by atoms with Gasteiger partial charge in [0.25, 0.3) is 6.26 Å². The normalized spacial score (nSPS) is 13.2. The van der Waals surface area contributed by atoms with Crippen LogP contribution in [0.2, 0.25) is 0 Å². The van der Waals surface area contributed by atoms with Crippen LogP contribution < -0.4 is 0 Å². The lowest BCUT2D eigenvalue weighted by Crippen LogP contribution is -1.86. The highest BCUT2D eigenvalue weighted by Crippen LogP contribution is 2.09. The first-order chi connectivity index (χ1) is 5.76. The Morgan fingerprint density at radius 1 is 1.42 bits per heavy atom.